The lowest BCUT2D eigenvalue weighted by molar-refractivity contribution is -0.139. The largest absolute Gasteiger partial charge is 0.354 e. The Bertz CT molecular complexity index is 1080. The molecule has 0 aliphatic heterocycles. The number of sulfonamides is 1. The van der Waals surface area contributed by atoms with Gasteiger partial charge >= 0.3 is 0 Å². The van der Waals surface area contributed by atoms with Crippen molar-refractivity contribution in [2.24, 2.45) is 5.92 Å². The van der Waals surface area contributed by atoms with Crippen LogP contribution in [0.5, 0.6) is 0 Å². The van der Waals surface area contributed by atoms with Crippen molar-refractivity contribution in [3.63, 3.8) is 0 Å². The Hall–Kier alpha value is -2.65. The molecule has 0 heterocycles. The van der Waals surface area contributed by atoms with E-state index in [0.29, 0.717) is 17.1 Å². The molecule has 2 rings (SSSR count). The maximum absolute atomic E-state index is 13.3. The zero-order valence-corrected chi connectivity index (χ0v) is 20.7. The standard InChI is InChI=1S/C23H29ClFN3O4S/c1-16(2)13-26-23(30)17(3)27(14-18-6-5-7-19(24)12-18)22(29)15-28(33(4,31)32)21-10-8-20(25)9-11-21/h5-12,16-17H,13-15H2,1-4H3,(H,26,30)/t17-/m1/s1. The number of benzene rings is 2. The Kier molecular flexibility index (Phi) is 9.25. The van der Waals surface area contributed by atoms with E-state index in [-0.39, 0.29) is 24.1 Å². The van der Waals surface area contributed by atoms with Crippen LogP contribution in [0.1, 0.15) is 26.3 Å². The van der Waals surface area contributed by atoms with Crippen molar-refractivity contribution in [1.82, 2.24) is 10.2 Å². The Labute approximate surface area is 199 Å². The van der Waals surface area contributed by atoms with E-state index < -0.39 is 34.3 Å². The first kappa shape index (κ1) is 26.6. The van der Waals surface area contributed by atoms with Crippen LogP contribution in [-0.4, -0.2) is 50.5 Å². The number of nitrogens with zero attached hydrogens (tertiary/aromatic N) is 2. The predicted octanol–water partition coefficient (Wildman–Crippen LogP) is 3.43. The third-order valence-corrected chi connectivity index (χ3v) is 6.26. The van der Waals surface area contributed by atoms with Crippen molar-refractivity contribution in [2.75, 3.05) is 23.7 Å². The number of amides is 2. The van der Waals surface area contributed by atoms with Gasteiger partial charge in [-0.1, -0.05) is 37.6 Å². The fourth-order valence-corrected chi connectivity index (χ4v) is 4.15. The third-order valence-electron chi connectivity index (χ3n) is 4.89. The van der Waals surface area contributed by atoms with Crippen molar-refractivity contribution < 1.29 is 22.4 Å². The number of nitrogens with one attached hydrogen (secondary N) is 1. The van der Waals surface area contributed by atoms with Crippen LogP contribution < -0.4 is 9.62 Å². The minimum atomic E-state index is -3.86. The molecular weight excluding hydrogens is 469 g/mol. The van der Waals surface area contributed by atoms with E-state index in [0.717, 1.165) is 22.7 Å². The summed E-state index contributed by atoms with van der Waals surface area (Å²) in [5, 5.41) is 3.28. The minimum Gasteiger partial charge on any atom is -0.354 e. The second-order valence-electron chi connectivity index (χ2n) is 8.21. The Morgan fingerprint density at radius 1 is 1.09 bits per heavy atom. The Morgan fingerprint density at radius 2 is 1.73 bits per heavy atom. The van der Waals surface area contributed by atoms with E-state index in [2.05, 4.69) is 5.32 Å². The molecule has 0 aliphatic rings. The van der Waals surface area contributed by atoms with Gasteiger partial charge in [-0.05, 0) is 54.8 Å². The average molecular weight is 498 g/mol. The van der Waals surface area contributed by atoms with Crippen LogP contribution in [0.2, 0.25) is 5.02 Å². The summed E-state index contributed by atoms with van der Waals surface area (Å²) in [5.41, 5.74) is 0.832. The smallest absolute Gasteiger partial charge is 0.244 e. The SMILES string of the molecule is CC(C)CNC(=O)[C@@H](C)N(Cc1cccc(Cl)c1)C(=O)CN(c1ccc(F)cc1)S(C)(=O)=O. The predicted molar refractivity (Wildman–Crippen MR) is 128 cm³/mol. The van der Waals surface area contributed by atoms with Crippen molar-refractivity contribution in [1.29, 1.82) is 0 Å². The highest BCUT2D eigenvalue weighted by molar-refractivity contribution is 7.92. The molecule has 0 bridgehead atoms. The Balaban J connectivity index is 2.35. The molecular formula is C23H29ClFN3O4S. The topological polar surface area (TPSA) is 86.8 Å². The van der Waals surface area contributed by atoms with Crippen molar-refractivity contribution in [3.8, 4) is 0 Å². The van der Waals surface area contributed by atoms with Gasteiger partial charge in [0.1, 0.15) is 18.4 Å². The number of hydrogen-bond acceptors (Lipinski definition) is 4. The number of halogens is 2. The lowest BCUT2D eigenvalue weighted by Gasteiger charge is -2.31. The first-order valence-corrected chi connectivity index (χ1v) is 12.7. The number of carbonyl (C=O) groups excluding carboxylic acids is 2. The molecule has 0 unspecified atom stereocenters. The van der Waals surface area contributed by atoms with Crippen molar-refractivity contribution in [2.45, 2.75) is 33.4 Å². The van der Waals surface area contributed by atoms with Gasteiger partial charge in [0.05, 0.1) is 11.9 Å². The second-order valence-corrected chi connectivity index (χ2v) is 10.6. The van der Waals surface area contributed by atoms with Crippen LogP contribution in [-0.2, 0) is 26.2 Å². The molecule has 0 fully saturated rings. The molecule has 10 heteroatoms. The highest BCUT2D eigenvalue weighted by atomic mass is 35.5. The molecule has 1 atom stereocenters. The molecule has 7 nitrogen and oxygen atoms in total. The fourth-order valence-electron chi connectivity index (χ4n) is 3.09. The van der Waals surface area contributed by atoms with Crippen LogP contribution in [0.15, 0.2) is 48.5 Å². The summed E-state index contributed by atoms with van der Waals surface area (Å²) in [4.78, 5) is 27.4. The lowest BCUT2D eigenvalue weighted by atomic mass is 10.1. The van der Waals surface area contributed by atoms with Gasteiger partial charge in [0.15, 0.2) is 0 Å². The quantitative estimate of drug-likeness (QED) is 0.544. The summed E-state index contributed by atoms with van der Waals surface area (Å²) >= 11 is 6.07. The first-order valence-electron chi connectivity index (χ1n) is 10.4. The number of rotatable bonds is 10. The average Bonchev–Trinajstić information content (AvgIpc) is 2.73. The summed E-state index contributed by atoms with van der Waals surface area (Å²) < 4.78 is 39.1. The van der Waals surface area contributed by atoms with E-state index in [1.807, 2.05) is 13.8 Å². The molecule has 33 heavy (non-hydrogen) atoms. The van der Waals surface area contributed by atoms with Gasteiger partial charge in [-0.25, -0.2) is 12.8 Å². The van der Waals surface area contributed by atoms with Gasteiger partial charge in [0, 0.05) is 18.1 Å². The van der Waals surface area contributed by atoms with Gasteiger partial charge in [-0.15, -0.1) is 0 Å². The van der Waals surface area contributed by atoms with Gasteiger partial charge in [-0.2, -0.15) is 0 Å². The van der Waals surface area contributed by atoms with Crippen molar-refractivity contribution >= 4 is 39.1 Å². The highest BCUT2D eigenvalue weighted by Gasteiger charge is 2.30. The molecule has 180 valence electrons. The van der Waals surface area contributed by atoms with Crippen LogP contribution in [0, 0.1) is 11.7 Å². The monoisotopic (exact) mass is 497 g/mol. The first-order chi connectivity index (χ1) is 15.4. The Morgan fingerprint density at radius 3 is 2.27 bits per heavy atom. The summed E-state index contributed by atoms with van der Waals surface area (Å²) in [5.74, 6) is -1.25. The number of carbonyl (C=O) groups is 2. The van der Waals surface area contributed by atoms with Crippen LogP contribution in [0.4, 0.5) is 10.1 Å². The molecule has 0 saturated carbocycles. The molecule has 0 spiro atoms. The van der Waals surface area contributed by atoms with Gasteiger partial charge < -0.3 is 10.2 Å². The fraction of sp³-hybridized carbons (Fsp3) is 0.391. The van der Waals surface area contributed by atoms with Gasteiger partial charge in [0.2, 0.25) is 21.8 Å². The zero-order valence-electron chi connectivity index (χ0n) is 19.1. The molecule has 0 aliphatic carbocycles. The molecule has 0 radical (unpaired) electrons. The molecule has 2 amide bonds. The minimum absolute atomic E-state index is 0.0523. The van der Waals surface area contributed by atoms with E-state index in [1.165, 1.54) is 17.0 Å². The number of hydrogen-bond donors (Lipinski definition) is 1. The summed E-state index contributed by atoms with van der Waals surface area (Å²) in [6.45, 7) is 5.43. The lowest BCUT2D eigenvalue weighted by Crippen LogP contribution is -2.51. The molecule has 2 aromatic carbocycles. The number of anilines is 1. The van der Waals surface area contributed by atoms with Crippen LogP contribution in [0.25, 0.3) is 0 Å². The summed E-state index contributed by atoms with van der Waals surface area (Å²) in [6.07, 6.45) is 0.962. The van der Waals surface area contributed by atoms with Crippen molar-refractivity contribution in [3.05, 3.63) is 64.9 Å². The van der Waals surface area contributed by atoms with E-state index >= 15 is 0 Å². The summed E-state index contributed by atoms with van der Waals surface area (Å²) in [6, 6.07) is 10.8. The molecule has 1 N–H and O–H groups in total. The van der Waals surface area contributed by atoms with Crippen LogP contribution >= 0.6 is 11.6 Å². The van der Waals surface area contributed by atoms with E-state index in [4.69, 9.17) is 11.6 Å². The maximum atomic E-state index is 13.3. The third kappa shape index (κ3) is 8.01. The maximum Gasteiger partial charge on any atom is 0.244 e. The second kappa shape index (κ2) is 11.5. The summed E-state index contributed by atoms with van der Waals surface area (Å²) in [7, 11) is -3.86. The molecule has 0 aromatic heterocycles. The molecule has 0 saturated heterocycles. The zero-order chi connectivity index (χ0) is 24.8. The van der Waals surface area contributed by atoms with Gasteiger partial charge in [0.25, 0.3) is 0 Å². The highest BCUT2D eigenvalue weighted by Crippen LogP contribution is 2.20. The van der Waals surface area contributed by atoms with E-state index in [1.54, 1.807) is 31.2 Å². The van der Waals surface area contributed by atoms with Gasteiger partial charge in [-0.3, -0.25) is 13.9 Å². The van der Waals surface area contributed by atoms with E-state index in [9.17, 15) is 22.4 Å². The molecule has 2 aromatic rings. The normalized spacial score (nSPS) is 12.3. The van der Waals surface area contributed by atoms with Crippen LogP contribution in [0.3, 0.4) is 0 Å².